The number of benzene rings is 1. The molecule has 0 saturated heterocycles. The van der Waals surface area contributed by atoms with Crippen molar-refractivity contribution in [1.82, 2.24) is 10.6 Å². The lowest BCUT2D eigenvalue weighted by Gasteiger charge is -2.42. The third-order valence-electron chi connectivity index (χ3n) is 3.90. The van der Waals surface area contributed by atoms with Gasteiger partial charge in [-0.05, 0) is 38.9 Å². The molecule has 2 N–H and O–H groups in total. The minimum Gasteiger partial charge on any atom is -0.351 e. The molecule has 1 fully saturated rings. The molecule has 1 aromatic rings. The molecule has 0 bridgehead atoms. The van der Waals surface area contributed by atoms with Gasteiger partial charge in [-0.15, -0.1) is 0 Å². The largest absolute Gasteiger partial charge is 0.351 e. The molecule has 3 heteroatoms. The molecule has 2 rings (SSSR count). The van der Waals surface area contributed by atoms with E-state index in [0.717, 1.165) is 18.7 Å². The van der Waals surface area contributed by atoms with Crippen molar-refractivity contribution in [2.45, 2.75) is 26.2 Å². The molecule has 0 unspecified atom stereocenters. The Morgan fingerprint density at radius 2 is 1.89 bits per heavy atom. The molecule has 98 valence electrons. The van der Waals surface area contributed by atoms with Crippen LogP contribution in [-0.4, -0.2) is 26.0 Å². The van der Waals surface area contributed by atoms with E-state index in [4.69, 9.17) is 0 Å². The first-order valence-corrected chi connectivity index (χ1v) is 6.65. The van der Waals surface area contributed by atoms with Crippen molar-refractivity contribution in [3.63, 3.8) is 0 Å². The Kier molecular flexibility index (Phi) is 4.02. The molecule has 1 amide bonds. The highest BCUT2D eigenvalue weighted by molar-refractivity contribution is 5.94. The van der Waals surface area contributed by atoms with Crippen LogP contribution in [0.5, 0.6) is 0 Å². The highest BCUT2D eigenvalue weighted by Gasteiger charge is 2.36. The number of hydrogen-bond donors (Lipinski definition) is 2. The van der Waals surface area contributed by atoms with Crippen LogP contribution in [0.15, 0.2) is 24.3 Å². The fraction of sp³-hybridized carbons (Fsp3) is 0.533. The summed E-state index contributed by atoms with van der Waals surface area (Å²) in [5.74, 6) is 0.0392. The molecule has 0 spiro atoms. The number of nitrogens with one attached hydrogen (secondary N) is 2. The van der Waals surface area contributed by atoms with Gasteiger partial charge in [0.2, 0.25) is 0 Å². The van der Waals surface area contributed by atoms with Gasteiger partial charge in [-0.2, -0.15) is 0 Å². The third kappa shape index (κ3) is 2.91. The number of hydrogen-bond acceptors (Lipinski definition) is 2. The summed E-state index contributed by atoms with van der Waals surface area (Å²) in [6.45, 7) is 3.79. The van der Waals surface area contributed by atoms with Crippen LogP contribution in [0, 0.1) is 12.3 Å². The maximum absolute atomic E-state index is 12.0. The van der Waals surface area contributed by atoms with E-state index in [2.05, 4.69) is 10.6 Å². The molecule has 1 aromatic carbocycles. The summed E-state index contributed by atoms with van der Waals surface area (Å²) in [6.07, 6.45) is 3.70. The van der Waals surface area contributed by atoms with Crippen LogP contribution >= 0.6 is 0 Å². The Morgan fingerprint density at radius 1 is 1.22 bits per heavy atom. The topological polar surface area (TPSA) is 41.1 Å². The van der Waals surface area contributed by atoms with Crippen LogP contribution in [-0.2, 0) is 0 Å². The summed E-state index contributed by atoms with van der Waals surface area (Å²) in [5, 5.41) is 6.30. The predicted molar refractivity (Wildman–Crippen MR) is 73.7 cm³/mol. The first-order valence-electron chi connectivity index (χ1n) is 6.65. The van der Waals surface area contributed by atoms with Crippen LogP contribution in [0.4, 0.5) is 0 Å². The average Bonchev–Trinajstić information content (AvgIpc) is 2.33. The lowest BCUT2D eigenvalue weighted by Crippen LogP contribution is -2.47. The van der Waals surface area contributed by atoms with Crippen molar-refractivity contribution >= 4 is 5.91 Å². The minimum absolute atomic E-state index is 0.0392. The quantitative estimate of drug-likeness (QED) is 0.835. The zero-order chi connectivity index (χ0) is 13.0. The Hall–Kier alpha value is -1.35. The zero-order valence-electron chi connectivity index (χ0n) is 11.3. The lowest BCUT2D eigenvalue weighted by atomic mass is 9.68. The summed E-state index contributed by atoms with van der Waals surface area (Å²) in [6, 6.07) is 7.72. The maximum atomic E-state index is 12.0. The van der Waals surface area contributed by atoms with E-state index in [1.165, 1.54) is 24.8 Å². The van der Waals surface area contributed by atoms with Gasteiger partial charge in [-0.25, -0.2) is 0 Å². The van der Waals surface area contributed by atoms with Crippen LogP contribution in [0.3, 0.4) is 0 Å². The van der Waals surface area contributed by atoms with E-state index >= 15 is 0 Å². The van der Waals surface area contributed by atoms with Crippen LogP contribution < -0.4 is 10.6 Å². The van der Waals surface area contributed by atoms with E-state index in [1.54, 1.807) is 0 Å². The molecular formula is C15H22N2O. The lowest BCUT2D eigenvalue weighted by molar-refractivity contribution is 0.0862. The van der Waals surface area contributed by atoms with Gasteiger partial charge in [0.05, 0.1) is 0 Å². The molecule has 0 heterocycles. The smallest absolute Gasteiger partial charge is 0.251 e. The molecule has 0 atom stereocenters. The van der Waals surface area contributed by atoms with E-state index in [0.29, 0.717) is 0 Å². The Bertz CT molecular complexity index is 407. The number of carbonyl (C=O) groups is 1. The molecule has 1 saturated carbocycles. The SMILES string of the molecule is CNCC1(CNC(=O)c2ccc(C)cc2)CCC1. The van der Waals surface area contributed by atoms with Gasteiger partial charge in [0.15, 0.2) is 0 Å². The summed E-state index contributed by atoms with van der Waals surface area (Å²) in [4.78, 5) is 12.0. The second-order valence-corrected chi connectivity index (χ2v) is 5.43. The Labute approximate surface area is 109 Å². The summed E-state index contributed by atoms with van der Waals surface area (Å²) < 4.78 is 0. The summed E-state index contributed by atoms with van der Waals surface area (Å²) in [7, 11) is 1.97. The second-order valence-electron chi connectivity index (χ2n) is 5.43. The molecule has 1 aliphatic carbocycles. The standard InChI is InChI=1S/C15H22N2O/c1-12-4-6-13(7-5-12)14(18)17-11-15(10-16-2)8-3-9-15/h4-7,16H,3,8-11H2,1-2H3,(H,17,18). The van der Waals surface area contributed by atoms with Crippen molar-refractivity contribution in [1.29, 1.82) is 0 Å². The van der Waals surface area contributed by atoms with Crippen molar-refractivity contribution in [3.05, 3.63) is 35.4 Å². The Balaban J connectivity index is 1.89. The van der Waals surface area contributed by atoms with E-state index in [9.17, 15) is 4.79 Å². The Morgan fingerprint density at radius 3 is 2.39 bits per heavy atom. The number of amides is 1. The minimum atomic E-state index is 0.0392. The fourth-order valence-electron chi connectivity index (χ4n) is 2.54. The van der Waals surface area contributed by atoms with E-state index in [-0.39, 0.29) is 11.3 Å². The van der Waals surface area contributed by atoms with Crippen molar-refractivity contribution in [3.8, 4) is 0 Å². The highest BCUT2D eigenvalue weighted by atomic mass is 16.1. The molecule has 0 aromatic heterocycles. The second kappa shape index (κ2) is 5.53. The van der Waals surface area contributed by atoms with Crippen molar-refractivity contribution in [2.75, 3.05) is 20.1 Å². The fourth-order valence-corrected chi connectivity index (χ4v) is 2.54. The molecule has 18 heavy (non-hydrogen) atoms. The van der Waals surface area contributed by atoms with Gasteiger partial charge in [-0.1, -0.05) is 24.1 Å². The maximum Gasteiger partial charge on any atom is 0.251 e. The first kappa shape index (κ1) is 13.1. The van der Waals surface area contributed by atoms with Gasteiger partial charge in [0.1, 0.15) is 0 Å². The van der Waals surface area contributed by atoms with Gasteiger partial charge >= 0.3 is 0 Å². The summed E-state index contributed by atoms with van der Waals surface area (Å²) in [5.41, 5.74) is 2.21. The number of aryl methyl sites for hydroxylation is 1. The van der Waals surface area contributed by atoms with Gasteiger partial charge in [-0.3, -0.25) is 4.79 Å². The predicted octanol–water partition coefficient (Wildman–Crippen LogP) is 2.11. The molecular weight excluding hydrogens is 224 g/mol. The molecule has 0 radical (unpaired) electrons. The number of carbonyl (C=O) groups excluding carboxylic acids is 1. The van der Waals surface area contributed by atoms with E-state index < -0.39 is 0 Å². The monoisotopic (exact) mass is 246 g/mol. The molecule has 3 nitrogen and oxygen atoms in total. The van der Waals surface area contributed by atoms with Crippen LogP contribution in [0.25, 0.3) is 0 Å². The van der Waals surface area contributed by atoms with Crippen molar-refractivity contribution in [2.24, 2.45) is 5.41 Å². The average molecular weight is 246 g/mol. The normalized spacial score (nSPS) is 17.0. The van der Waals surface area contributed by atoms with Crippen LogP contribution in [0.2, 0.25) is 0 Å². The number of rotatable bonds is 5. The third-order valence-corrected chi connectivity index (χ3v) is 3.90. The van der Waals surface area contributed by atoms with E-state index in [1.807, 2.05) is 38.2 Å². The van der Waals surface area contributed by atoms with Crippen molar-refractivity contribution < 1.29 is 4.79 Å². The van der Waals surface area contributed by atoms with Crippen LogP contribution in [0.1, 0.15) is 35.2 Å². The van der Waals surface area contributed by atoms with Gasteiger partial charge in [0, 0.05) is 24.1 Å². The summed E-state index contributed by atoms with van der Waals surface area (Å²) >= 11 is 0. The molecule has 1 aliphatic rings. The first-order chi connectivity index (χ1) is 8.65. The zero-order valence-corrected chi connectivity index (χ0v) is 11.3. The highest BCUT2D eigenvalue weighted by Crippen LogP contribution is 2.39. The molecule has 0 aliphatic heterocycles. The van der Waals surface area contributed by atoms with Gasteiger partial charge in [0.25, 0.3) is 5.91 Å². The van der Waals surface area contributed by atoms with Gasteiger partial charge < -0.3 is 10.6 Å².